The van der Waals surface area contributed by atoms with E-state index in [2.05, 4.69) is 27.2 Å². The van der Waals surface area contributed by atoms with Crippen molar-refractivity contribution in [3.8, 4) is 22.6 Å². The summed E-state index contributed by atoms with van der Waals surface area (Å²) in [4.78, 5) is 34.7. The second-order valence-electron chi connectivity index (χ2n) is 8.32. The number of carbonyl (C=O) groups is 2. The molecular formula is C25H26Cl2N6O4. The molecule has 3 aromatic rings. The summed E-state index contributed by atoms with van der Waals surface area (Å²) in [5, 5.41) is 7.55. The highest BCUT2D eigenvalue weighted by molar-refractivity contribution is 6.41. The number of carbonyl (C=O) groups excluding carboxylic acids is 2. The van der Waals surface area contributed by atoms with E-state index in [0.717, 1.165) is 10.9 Å². The summed E-state index contributed by atoms with van der Waals surface area (Å²) in [6.45, 7) is 4.03. The van der Waals surface area contributed by atoms with E-state index in [9.17, 15) is 9.59 Å². The Balaban J connectivity index is 1.63. The number of methoxy groups -OCH3 is 2. The summed E-state index contributed by atoms with van der Waals surface area (Å²) < 4.78 is 10.7. The molecule has 0 saturated carbocycles. The smallest absolute Gasteiger partial charge is 0.243 e. The number of benzene rings is 2. The maximum atomic E-state index is 12.1. The van der Waals surface area contributed by atoms with Crippen molar-refractivity contribution in [2.24, 2.45) is 5.73 Å². The van der Waals surface area contributed by atoms with E-state index in [1.165, 1.54) is 20.3 Å². The van der Waals surface area contributed by atoms with Crippen molar-refractivity contribution in [2.45, 2.75) is 12.1 Å². The van der Waals surface area contributed by atoms with Gasteiger partial charge in [0.25, 0.3) is 0 Å². The number of hydrogen-bond donors (Lipinski definition) is 3. The van der Waals surface area contributed by atoms with E-state index in [-0.39, 0.29) is 30.4 Å². The molecule has 10 nitrogen and oxygen atoms in total. The van der Waals surface area contributed by atoms with Gasteiger partial charge in [0.1, 0.15) is 11.5 Å². The van der Waals surface area contributed by atoms with Gasteiger partial charge in [-0.05, 0) is 23.8 Å². The van der Waals surface area contributed by atoms with Crippen LogP contribution in [0.15, 0.2) is 43.1 Å². The van der Waals surface area contributed by atoms with E-state index in [0.29, 0.717) is 51.7 Å². The number of halogens is 2. The summed E-state index contributed by atoms with van der Waals surface area (Å²) in [5.41, 5.74) is 7.50. The third-order valence-electron chi connectivity index (χ3n) is 6.12. The number of amides is 2. The first-order chi connectivity index (χ1) is 17.8. The van der Waals surface area contributed by atoms with Gasteiger partial charge >= 0.3 is 0 Å². The molecular weight excluding hydrogens is 519 g/mol. The zero-order valence-corrected chi connectivity index (χ0v) is 21.8. The zero-order chi connectivity index (χ0) is 26.7. The van der Waals surface area contributed by atoms with E-state index < -0.39 is 0 Å². The number of fused-ring (bicyclic) bond motifs is 1. The van der Waals surface area contributed by atoms with Crippen LogP contribution in [0.1, 0.15) is 0 Å². The minimum atomic E-state index is -0.366. The van der Waals surface area contributed by atoms with Gasteiger partial charge in [-0.3, -0.25) is 9.59 Å². The van der Waals surface area contributed by atoms with Crippen LogP contribution in [-0.2, 0) is 9.59 Å². The number of aromatic nitrogens is 2. The first-order valence-electron chi connectivity index (χ1n) is 11.3. The second kappa shape index (κ2) is 11.2. The van der Waals surface area contributed by atoms with Crippen molar-refractivity contribution in [3.05, 3.63) is 53.2 Å². The summed E-state index contributed by atoms with van der Waals surface area (Å²) >= 11 is 13.2. The average molecular weight is 545 g/mol. The third kappa shape index (κ3) is 5.41. The van der Waals surface area contributed by atoms with Gasteiger partial charge in [-0.25, -0.2) is 9.97 Å². The fourth-order valence-electron chi connectivity index (χ4n) is 4.23. The van der Waals surface area contributed by atoms with Crippen molar-refractivity contribution >= 4 is 51.9 Å². The minimum absolute atomic E-state index is 0.114. The number of anilines is 1. The lowest BCUT2D eigenvalue weighted by atomic mass is 10.0. The van der Waals surface area contributed by atoms with Gasteiger partial charge in [0.2, 0.25) is 17.8 Å². The largest absolute Gasteiger partial charge is 0.495 e. The van der Waals surface area contributed by atoms with Crippen LogP contribution in [0.2, 0.25) is 10.0 Å². The van der Waals surface area contributed by atoms with E-state index in [1.807, 2.05) is 18.2 Å². The molecule has 2 aromatic carbocycles. The predicted octanol–water partition coefficient (Wildman–Crippen LogP) is 2.87. The molecule has 4 N–H and O–H groups in total. The fourth-order valence-corrected chi connectivity index (χ4v) is 4.95. The lowest BCUT2D eigenvalue weighted by Gasteiger charge is -2.20. The molecule has 37 heavy (non-hydrogen) atoms. The molecule has 2 heterocycles. The van der Waals surface area contributed by atoms with Crippen LogP contribution in [-0.4, -0.2) is 72.6 Å². The van der Waals surface area contributed by atoms with Crippen molar-refractivity contribution < 1.29 is 19.1 Å². The SMILES string of the molecule is C=CC(=O)NC1CN(C(=O)CN)CC1Nc1ncc2cc(-c3c(Cl)c(OC)cc(OC)c3Cl)ccc2n1. The molecule has 2 amide bonds. The minimum Gasteiger partial charge on any atom is -0.495 e. The first-order valence-corrected chi connectivity index (χ1v) is 12.1. The van der Waals surface area contributed by atoms with Crippen LogP contribution >= 0.6 is 23.2 Å². The molecule has 12 heteroatoms. The standard InChI is InChI=1S/C25H26Cl2N6O4/c1-4-20(34)30-16-11-33(21(35)9-28)12-17(16)32-25-29-10-14-7-13(5-6-15(14)31-25)22-23(26)18(36-2)8-19(37-3)24(22)27/h4-8,10,16-17H,1,9,11-12,28H2,2-3H3,(H,30,34)(H,29,31,32). The van der Waals surface area contributed by atoms with Gasteiger partial charge in [0.15, 0.2) is 0 Å². The van der Waals surface area contributed by atoms with E-state index >= 15 is 0 Å². The Bertz CT molecular complexity index is 1340. The Kier molecular flexibility index (Phi) is 8.01. The molecule has 0 radical (unpaired) electrons. The van der Waals surface area contributed by atoms with Crippen LogP contribution in [0.3, 0.4) is 0 Å². The molecule has 1 saturated heterocycles. The van der Waals surface area contributed by atoms with Gasteiger partial charge in [0, 0.05) is 36.3 Å². The Morgan fingerprint density at radius 1 is 1.16 bits per heavy atom. The normalized spacial score (nSPS) is 16.9. The Morgan fingerprint density at radius 3 is 2.46 bits per heavy atom. The third-order valence-corrected chi connectivity index (χ3v) is 6.87. The second-order valence-corrected chi connectivity index (χ2v) is 9.08. The molecule has 0 bridgehead atoms. The summed E-state index contributed by atoms with van der Waals surface area (Å²) in [7, 11) is 3.04. The number of ether oxygens (including phenoxy) is 2. The van der Waals surface area contributed by atoms with Gasteiger partial charge in [-0.1, -0.05) is 35.8 Å². The van der Waals surface area contributed by atoms with Gasteiger partial charge in [-0.2, -0.15) is 0 Å². The molecule has 0 aliphatic carbocycles. The lowest BCUT2D eigenvalue weighted by Crippen LogP contribution is -2.45. The average Bonchev–Trinajstić information content (AvgIpc) is 3.30. The van der Waals surface area contributed by atoms with Crippen LogP contribution in [0.25, 0.3) is 22.0 Å². The Hall–Kier alpha value is -3.60. The maximum absolute atomic E-state index is 12.1. The van der Waals surface area contributed by atoms with E-state index in [1.54, 1.807) is 17.2 Å². The van der Waals surface area contributed by atoms with Crippen LogP contribution in [0.5, 0.6) is 11.5 Å². The predicted molar refractivity (Wildman–Crippen MR) is 143 cm³/mol. The first kappa shape index (κ1) is 26.5. The fraction of sp³-hybridized carbons (Fsp3) is 0.280. The molecule has 2 atom stereocenters. The van der Waals surface area contributed by atoms with Crippen LogP contribution < -0.4 is 25.8 Å². The monoisotopic (exact) mass is 544 g/mol. The van der Waals surface area contributed by atoms with Crippen molar-refractivity contribution in [3.63, 3.8) is 0 Å². The Morgan fingerprint density at radius 2 is 1.84 bits per heavy atom. The molecule has 1 aliphatic heterocycles. The number of likely N-dealkylation sites (tertiary alicyclic amines) is 1. The number of hydrogen-bond acceptors (Lipinski definition) is 8. The molecule has 2 unspecified atom stereocenters. The molecule has 0 spiro atoms. The number of nitrogens with two attached hydrogens (primary N) is 1. The van der Waals surface area contributed by atoms with Gasteiger partial charge < -0.3 is 30.7 Å². The number of nitrogens with zero attached hydrogens (tertiary/aromatic N) is 3. The topological polar surface area (TPSA) is 132 Å². The number of nitrogens with one attached hydrogen (secondary N) is 2. The molecule has 1 aliphatic rings. The van der Waals surface area contributed by atoms with Gasteiger partial charge in [0.05, 0.1) is 48.4 Å². The highest BCUT2D eigenvalue weighted by atomic mass is 35.5. The van der Waals surface area contributed by atoms with E-state index in [4.69, 9.17) is 38.4 Å². The summed E-state index contributed by atoms with van der Waals surface area (Å²) in [6, 6.07) is 6.48. The van der Waals surface area contributed by atoms with Gasteiger partial charge in [-0.15, -0.1) is 0 Å². The molecule has 1 aromatic heterocycles. The van der Waals surface area contributed by atoms with Crippen molar-refractivity contribution in [1.82, 2.24) is 20.2 Å². The maximum Gasteiger partial charge on any atom is 0.243 e. The highest BCUT2D eigenvalue weighted by Gasteiger charge is 2.36. The molecule has 194 valence electrons. The highest BCUT2D eigenvalue weighted by Crippen LogP contribution is 2.46. The number of rotatable bonds is 8. The summed E-state index contributed by atoms with van der Waals surface area (Å²) in [6.07, 6.45) is 2.85. The van der Waals surface area contributed by atoms with Crippen LogP contribution in [0, 0.1) is 0 Å². The van der Waals surface area contributed by atoms with Crippen LogP contribution in [0.4, 0.5) is 5.95 Å². The molecule has 1 fully saturated rings. The zero-order valence-electron chi connectivity index (χ0n) is 20.3. The van der Waals surface area contributed by atoms with Crippen molar-refractivity contribution in [2.75, 3.05) is 39.2 Å². The molecule has 4 rings (SSSR count). The van der Waals surface area contributed by atoms with Crippen molar-refractivity contribution in [1.29, 1.82) is 0 Å². The quantitative estimate of drug-likeness (QED) is 0.369. The lowest BCUT2D eigenvalue weighted by molar-refractivity contribution is -0.129. The summed E-state index contributed by atoms with van der Waals surface area (Å²) in [5.74, 6) is 0.679. The Labute approximate surface area is 223 Å².